The first kappa shape index (κ1) is 16.7. The van der Waals surface area contributed by atoms with Gasteiger partial charge in [0.05, 0.1) is 17.2 Å². The van der Waals surface area contributed by atoms with E-state index in [-0.39, 0.29) is 18.1 Å². The minimum Gasteiger partial charge on any atom is -0.393 e. The fraction of sp³-hybridized carbons (Fsp3) is 0.273. The summed E-state index contributed by atoms with van der Waals surface area (Å²) in [5.74, 6) is 0.202. The Morgan fingerprint density at radius 2 is 1.85 bits per heavy atom. The zero-order valence-electron chi connectivity index (χ0n) is 14.5. The van der Waals surface area contributed by atoms with E-state index in [1.807, 2.05) is 48.5 Å². The quantitative estimate of drug-likeness (QED) is 0.745. The van der Waals surface area contributed by atoms with Crippen molar-refractivity contribution >= 4 is 16.8 Å². The Labute approximate surface area is 152 Å². The van der Waals surface area contributed by atoms with Crippen molar-refractivity contribution in [1.29, 1.82) is 0 Å². The summed E-state index contributed by atoms with van der Waals surface area (Å²) in [4.78, 5) is 17.2. The Morgan fingerprint density at radius 3 is 2.62 bits per heavy atom. The van der Waals surface area contributed by atoms with Crippen LogP contribution in [0.4, 0.5) is 0 Å². The third kappa shape index (κ3) is 3.60. The van der Waals surface area contributed by atoms with Gasteiger partial charge in [-0.15, -0.1) is 0 Å². The zero-order valence-corrected chi connectivity index (χ0v) is 14.5. The number of hydrogen-bond acceptors (Lipinski definition) is 3. The molecular weight excluding hydrogens is 324 g/mol. The molecule has 1 heterocycles. The normalized spacial score (nSPS) is 20.3. The van der Waals surface area contributed by atoms with Crippen LogP contribution in [-0.2, 0) is 6.42 Å². The molecule has 2 N–H and O–H groups in total. The van der Waals surface area contributed by atoms with Gasteiger partial charge in [-0.2, -0.15) is 0 Å². The molecule has 1 aromatic heterocycles. The maximum absolute atomic E-state index is 12.8. The van der Waals surface area contributed by atoms with Crippen molar-refractivity contribution in [2.24, 2.45) is 5.92 Å². The number of amides is 1. The summed E-state index contributed by atoms with van der Waals surface area (Å²) in [6.07, 6.45) is 3.65. The summed E-state index contributed by atoms with van der Waals surface area (Å²) >= 11 is 0. The van der Waals surface area contributed by atoms with Gasteiger partial charge in [0.25, 0.3) is 5.91 Å². The van der Waals surface area contributed by atoms with Crippen molar-refractivity contribution < 1.29 is 9.90 Å². The molecule has 132 valence electrons. The number of nitrogens with zero attached hydrogens (tertiary/aromatic N) is 1. The van der Waals surface area contributed by atoms with E-state index in [9.17, 15) is 9.90 Å². The Morgan fingerprint density at radius 1 is 1.12 bits per heavy atom. The molecule has 2 aromatic carbocycles. The standard InChI is InChI=1S/C22H22N2O2/c25-19-12-17(13-19)21(10-15-6-2-1-3-7-15)24-22(26)18-11-16-8-4-5-9-20(16)23-14-18/h1-9,11,14,17,19,21,25H,10,12-13H2,(H,24,26)/t17?,19?,21-/m1/s1. The maximum Gasteiger partial charge on any atom is 0.253 e. The second-order valence-corrected chi connectivity index (χ2v) is 7.07. The molecule has 4 rings (SSSR count). The van der Waals surface area contributed by atoms with Crippen LogP contribution in [0, 0.1) is 5.92 Å². The van der Waals surface area contributed by atoms with Crippen molar-refractivity contribution in [3.63, 3.8) is 0 Å². The highest BCUT2D eigenvalue weighted by atomic mass is 16.3. The summed E-state index contributed by atoms with van der Waals surface area (Å²) in [7, 11) is 0. The first-order chi connectivity index (χ1) is 12.7. The Balaban J connectivity index is 1.52. The van der Waals surface area contributed by atoms with Crippen molar-refractivity contribution in [2.75, 3.05) is 0 Å². The van der Waals surface area contributed by atoms with Gasteiger partial charge >= 0.3 is 0 Å². The number of rotatable bonds is 5. The van der Waals surface area contributed by atoms with E-state index in [4.69, 9.17) is 0 Å². The molecule has 1 atom stereocenters. The zero-order chi connectivity index (χ0) is 17.9. The maximum atomic E-state index is 12.8. The van der Waals surface area contributed by atoms with Crippen LogP contribution in [0.5, 0.6) is 0 Å². The first-order valence-electron chi connectivity index (χ1n) is 9.06. The molecule has 0 bridgehead atoms. The number of carbonyl (C=O) groups excluding carboxylic acids is 1. The van der Waals surface area contributed by atoms with E-state index in [2.05, 4.69) is 22.4 Å². The molecule has 1 aliphatic carbocycles. The molecule has 3 aromatic rings. The molecule has 0 saturated heterocycles. The van der Waals surface area contributed by atoms with Crippen molar-refractivity contribution in [3.05, 3.63) is 78.0 Å². The van der Waals surface area contributed by atoms with Crippen LogP contribution in [0.2, 0.25) is 0 Å². The summed E-state index contributed by atoms with van der Waals surface area (Å²) in [5, 5.41) is 13.8. The number of pyridine rings is 1. The Hall–Kier alpha value is -2.72. The van der Waals surface area contributed by atoms with Gasteiger partial charge < -0.3 is 10.4 Å². The second-order valence-electron chi connectivity index (χ2n) is 7.07. The van der Waals surface area contributed by atoms with Crippen LogP contribution in [0.3, 0.4) is 0 Å². The smallest absolute Gasteiger partial charge is 0.253 e. The monoisotopic (exact) mass is 346 g/mol. The molecule has 0 spiro atoms. The summed E-state index contributed by atoms with van der Waals surface area (Å²) in [6, 6.07) is 19.8. The summed E-state index contributed by atoms with van der Waals surface area (Å²) in [6.45, 7) is 0. The molecule has 0 radical (unpaired) electrons. The highest BCUT2D eigenvalue weighted by Gasteiger charge is 2.34. The molecule has 0 unspecified atom stereocenters. The second kappa shape index (κ2) is 7.26. The van der Waals surface area contributed by atoms with E-state index in [1.165, 1.54) is 5.56 Å². The molecule has 4 nitrogen and oxygen atoms in total. The number of fused-ring (bicyclic) bond motifs is 1. The van der Waals surface area contributed by atoms with Gasteiger partial charge in [-0.1, -0.05) is 48.5 Å². The lowest BCUT2D eigenvalue weighted by Gasteiger charge is -2.38. The van der Waals surface area contributed by atoms with E-state index in [1.54, 1.807) is 6.20 Å². The Kier molecular flexibility index (Phi) is 4.67. The molecule has 1 amide bonds. The van der Waals surface area contributed by atoms with Gasteiger partial charge in [0.15, 0.2) is 0 Å². The largest absolute Gasteiger partial charge is 0.393 e. The van der Waals surface area contributed by atoms with Gasteiger partial charge in [0.2, 0.25) is 0 Å². The van der Waals surface area contributed by atoms with E-state index in [0.717, 1.165) is 30.2 Å². The van der Waals surface area contributed by atoms with Gasteiger partial charge in [-0.05, 0) is 42.9 Å². The summed E-state index contributed by atoms with van der Waals surface area (Å²) < 4.78 is 0. The predicted octanol–water partition coefficient (Wildman–Crippen LogP) is 3.35. The number of para-hydroxylation sites is 1. The third-order valence-electron chi connectivity index (χ3n) is 5.19. The average Bonchev–Trinajstić information content (AvgIpc) is 2.65. The number of nitrogens with one attached hydrogen (secondary N) is 1. The van der Waals surface area contributed by atoms with Gasteiger partial charge in [0, 0.05) is 17.6 Å². The van der Waals surface area contributed by atoms with E-state index < -0.39 is 0 Å². The van der Waals surface area contributed by atoms with Crippen LogP contribution >= 0.6 is 0 Å². The van der Waals surface area contributed by atoms with Crippen LogP contribution < -0.4 is 5.32 Å². The lowest BCUT2D eigenvalue weighted by Crippen LogP contribution is -2.48. The summed E-state index contributed by atoms with van der Waals surface area (Å²) in [5.41, 5.74) is 2.64. The van der Waals surface area contributed by atoms with E-state index in [0.29, 0.717) is 11.5 Å². The first-order valence-corrected chi connectivity index (χ1v) is 9.06. The number of aliphatic hydroxyl groups is 1. The molecule has 26 heavy (non-hydrogen) atoms. The third-order valence-corrected chi connectivity index (χ3v) is 5.19. The molecule has 1 aliphatic rings. The molecule has 1 fully saturated rings. The van der Waals surface area contributed by atoms with E-state index >= 15 is 0 Å². The number of aromatic nitrogens is 1. The van der Waals surface area contributed by atoms with Crippen molar-refractivity contribution in [1.82, 2.24) is 10.3 Å². The predicted molar refractivity (Wildman–Crippen MR) is 102 cm³/mol. The number of aliphatic hydroxyl groups excluding tert-OH is 1. The van der Waals surface area contributed by atoms with Crippen LogP contribution in [0.25, 0.3) is 10.9 Å². The fourth-order valence-electron chi connectivity index (χ4n) is 3.61. The highest BCUT2D eigenvalue weighted by molar-refractivity contribution is 5.97. The fourth-order valence-corrected chi connectivity index (χ4v) is 3.61. The van der Waals surface area contributed by atoms with Crippen LogP contribution in [-0.4, -0.2) is 28.1 Å². The van der Waals surface area contributed by atoms with Crippen LogP contribution in [0.1, 0.15) is 28.8 Å². The molecule has 0 aliphatic heterocycles. The van der Waals surface area contributed by atoms with Crippen LogP contribution in [0.15, 0.2) is 66.9 Å². The topological polar surface area (TPSA) is 62.2 Å². The lowest BCUT2D eigenvalue weighted by atomic mass is 9.75. The molecule has 1 saturated carbocycles. The van der Waals surface area contributed by atoms with Crippen molar-refractivity contribution in [3.8, 4) is 0 Å². The highest BCUT2D eigenvalue weighted by Crippen LogP contribution is 2.32. The van der Waals surface area contributed by atoms with Gasteiger partial charge in [-0.3, -0.25) is 9.78 Å². The SMILES string of the molecule is O=C(N[C@H](Cc1ccccc1)C1CC(O)C1)c1cnc2ccccc2c1. The van der Waals surface area contributed by atoms with Gasteiger partial charge in [0.1, 0.15) is 0 Å². The lowest BCUT2D eigenvalue weighted by molar-refractivity contribution is 0.0239. The minimum atomic E-state index is -0.238. The average molecular weight is 346 g/mol. The Bertz CT molecular complexity index is 904. The number of benzene rings is 2. The molecule has 4 heteroatoms. The number of carbonyl (C=O) groups is 1. The molecular formula is C22H22N2O2. The van der Waals surface area contributed by atoms with Gasteiger partial charge in [-0.25, -0.2) is 0 Å². The van der Waals surface area contributed by atoms with Crippen molar-refractivity contribution in [2.45, 2.75) is 31.4 Å². The number of hydrogen-bond donors (Lipinski definition) is 2. The minimum absolute atomic E-state index is 0.0137.